The first-order chi connectivity index (χ1) is 7.45. The van der Waals surface area contributed by atoms with Crippen LogP contribution in [-0.2, 0) is 0 Å². The van der Waals surface area contributed by atoms with Crippen molar-refractivity contribution < 1.29 is 0 Å². The first-order valence-electron chi connectivity index (χ1n) is 6.00. The molecule has 0 bridgehead atoms. The number of rotatable bonds is 5. The molecule has 1 atom stereocenters. The number of nitrogens with one attached hydrogen (secondary N) is 1. The molecule has 16 heavy (non-hydrogen) atoms. The number of nitrogens with two attached hydrogens (primary N) is 1. The monoisotopic (exact) mass is 220 g/mol. The number of benzene rings is 1. The van der Waals surface area contributed by atoms with Crippen molar-refractivity contribution in [2.45, 2.75) is 39.7 Å². The van der Waals surface area contributed by atoms with E-state index in [9.17, 15) is 0 Å². The van der Waals surface area contributed by atoms with E-state index in [-0.39, 0.29) is 5.54 Å². The highest BCUT2D eigenvalue weighted by Crippen LogP contribution is 2.22. The molecule has 0 saturated carbocycles. The lowest BCUT2D eigenvalue weighted by Crippen LogP contribution is -2.43. The number of hydrogen-bond donors (Lipinski definition) is 2. The van der Waals surface area contributed by atoms with Crippen LogP contribution in [0.4, 0.5) is 5.69 Å². The van der Waals surface area contributed by atoms with Gasteiger partial charge in [0.1, 0.15) is 0 Å². The Morgan fingerprint density at radius 3 is 2.56 bits per heavy atom. The zero-order chi connectivity index (χ0) is 12.2. The Morgan fingerprint density at radius 1 is 1.38 bits per heavy atom. The van der Waals surface area contributed by atoms with Crippen molar-refractivity contribution in [3.05, 3.63) is 29.8 Å². The second-order valence-electron chi connectivity index (χ2n) is 5.36. The standard InChI is InChI=1S/C14H24N2/c1-11(2)9-14(4,10-15)16-13-7-5-6-12(3)8-13/h5-8,11,16H,9-10,15H2,1-4H3. The number of anilines is 1. The van der Waals surface area contributed by atoms with E-state index in [2.05, 4.69) is 57.3 Å². The van der Waals surface area contributed by atoms with E-state index in [0.29, 0.717) is 12.5 Å². The van der Waals surface area contributed by atoms with Gasteiger partial charge in [0.15, 0.2) is 0 Å². The minimum Gasteiger partial charge on any atom is -0.379 e. The van der Waals surface area contributed by atoms with Crippen LogP contribution in [0, 0.1) is 12.8 Å². The summed E-state index contributed by atoms with van der Waals surface area (Å²) in [7, 11) is 0. The molecule has 1 rings (SSSR count). The van der Waals surface area contributed by atoms with Gasteiger partial charge in [-0.05, 0) is 43.9 Å². The van der Waals surface area contributed by atoms with Crippen LogP contribution in [0.25, 0.3) is 0 Å². The largest absolute Gasteiger partial charge is 0.379 e. The summed E-state index contributed by atoms with van der Waals surface area (Å²) in [6.45, 7) is 9.40. The van der Waals surface area contributed by atoms with Crippen LogP contribution in [0.2, 0.25) is 0 Å². The van der Waals surface area contributed by atoms with E-state index in [0.717, 1.165) is 12.1 Å². The summed E-state index contributed by atoms with van der Waals surface area (Å²) in [6, 6.07) is 8.44. The Kier molecular flexibility index (Phi) is 4.36. The van der Waals surface area contributed by atoms with Crippen LogP contribution in [0.5, 0.6) is 0 Å². The molecule has 0 fully saturated rings. The van der Waals surface area contributed by atoms with Crippen molar-refractivity contribution >= 4 is 5.69 Å². The van der Waals surface area contributed by atoms with Gasteiger partial charge in [-0.2, -0.15) is 0 Å². The third kappa shape index (κ3) is 3.86. The van der Waals surface area contributed by atoms with E-state index in [1.54, 1.807) is 0 Å². The van der Waals surface area contributed by atoms with Crippen molar-refractivity contribution in [2.24, 2.45) is 11.7 Å². The molecule has 3 N–H and O–H groups in total. The average molecular weight is 220 g/mol. The lowest BCUT2D eigenvalue weighted by atomic mass is 9.90. The van der Waals surface area contributed by atoms with Crippen molar-refractivity contribution in [1.29, 1.82) is 0 Å². The molecule has 0 amide bonds. The molecule has 1 aromatic carbocycles. The van der Waals surface area contributed by atoms with Gasteiger partial charge in [-0.15, -0.1) is 0 Å². The molecular weight excluding hydrogens is 196 g/mol. The summed E-state index contributed by atoms with van der Waals surface area (Å²) in [4.78, 5) is 0. The molecule has 2 nitrogen and oxygen atoms in total. The summed E-state index contributed by atoms with van der Waals surface area (Å²) in [5.74, 6) is 0.644. The second kappa shape index (κ2) is 5.35. The van der Waals surface area contributed by atoms with E-state index < -0.39 is 0 Å². The lowest BCUT2D eigenvalue weighted by Gasteiger charge is -2.32. The minimum absolute atomic E-state index is 0.0119. The van der Waals surface area contributed by atoms with Crippen LogP contribution in [-0.4, -0.2) is 12.1 Å². The lowest BCUT2D eigenvalue weighted by molar-refractivity contribution is 0.407. The molecule has 1 unspecified atom stereocenters. The van der Waals surface area contributed by atoms with E-state index in [1.807, 2.05) is 0 Å². The van der Waals surface area contributed by atoms with E-state index >= 15 is 0 Å². The van der Waals surface area contributed by atoms with Gasteiger partial charge >= 0.3 is 0 Å². The zero-order valence-corrected chi connectivity index (χ0v) is 10.9. The molecule has 0 aliphatic rings. The summed E-state index contributed by atoms with van der Waals surface area (Å²) < 4.78 is 0. The van der Waals surface area contributed by atoms with Crippen LogP contribution in [0.15, 0.2) is 24.3 Å². The summed E-state index contributed by atoms with van der Waals surface area (Å²) >= 11 is 0. The SMILES string of the molecule is Cc1cccc(NC(C)(CN)CC(C)C)c1. The first kappa shape index (κ1) is 13.0. The summed E-state index contributed by atoms with van der Waals surface area (Å²) in [6.07, 6.45) is 1.08. The molecule has 1 aromatic rings. The normalized spacial score (nSPS) is 14.9. The molecule has 0 aliphatic heterocycles. The molecule has 0 aliphatic carbocycles. The maximum atomic E-state index is 5.88. The van der Waals surface area contributed by atoms with Gasteiger partial charge in [0.25, 0.3) is 0 Å². The molecule has 90 valence electrons. The number of hydrogen-bond acceptors (Lipinski definition) is 2. The van der Waals surface area contributed by atoms with Crippen LogP contribution >= 0.6 is 0 Å². The van der Waals surface area contributed by atoms with Crippen molar-refractivity contribution in [3.63, 3.8) is 0 Å². The molecule has 0 aromatic heterocycles. The van der Waals surface area contributed by atoms with E-state index in [1.165, 1.54) is 5.56 Å². The predicted octanol–water partition coefficient (Wildman–Crippen LogP) is 3.17. The van der Waals surface area contributed by atoms with Gasteiger partial charge in [0.05, 0.1) is 0 Å². The first-order valence-corrected chi connectivity index (χ1v) is 6.00. The molecule has 0 radical (unpaired) electrons. The van der Waals surface area contributed by atoms with Crippen molar-refractivity contribution in [3.8, 4) is 0 Å². The van der Waals surface area contributed by atoms with Crippen LogP contribution < -0.4 is 11.1 Å². The second-order valence-corrected chi connectivity index (χ2v) is 5.36. The van der Waals surface area contributed by atoms with Gasteiger partial charge in [-0.1, -0.05) is 26.0 Å². The highest BCUT2D eigenvalue weighted by molar-refractivity contribution is 5.47. The molecule has 0 spiro atoms. The van der Waals surface area contributed by atoms with Gasteiger partial charge < -0.3 is 11.1 Å². The van der Waals surface area contributed by atoms with Crippen molar-refractivity contribution in [1.82, 2.24) is 0 Å². The zero-order valence-electron chi connectivity index (χ0n) is 10.9. The molecule has 0 heterocycles. The quantitative estimate of drug-likeness (QED) is 0.800. The van der Waals surface area contributed by atoms with Crippen LogP contribution in [0.1, 0.15) is 32.8 Å². The average Bonchev–Trinajstić information content (AvgIpc) is 2.16. The molecular formula is C14H24N2. The smallest absolute Gasteiger partial charge is 0.0470 e. The Balaban J connectivity index is 2.76. The van der Waals surface area contributed by atoms with Crippen LogP contribution in [0.3, 0.4) is 0 Å². The Bertz CT molecular complexity index is 333. The summed E-state index contributed by atoms with van der Waals surface area (Å²) in [5, 5.41) is 3.55. The highest BCUT2D eigenvalue weighted by atomic mass is 15.0. The molecule has 2 heteroatoms. The third-order valence-electron chi connectivity index (χ3n) is 2.77. The maximum Gasteiger partial charge on any atom is 0.0470 e. The van der Waals surface area contributed by atoms with Gasteiger partial charge in [-0.3, -0.25) is 0 Å². The number of aryl methyl sites for hydroxylation is 1. The fraction of sp³-hybridized carbons (Fsp3) is 0.571. The Hall–Kier alpha value is -1.02. The van der Waals surface area contributed by atoms with Crippen molar-refractivity contribution in [2.75, 3.05) is 11.9 Å². The van der Waals surface area contributed by atoms with Gasteiger partial charge in [-0.25, -0.2) is 0 Å². The van der Waals surface area contributed by atoms with E-state index in [4.69, 9.17) is 5.73 Å². The Morgan fingerprint density at radius 2 is 2.06 bits per heavy atom. The van der Waals surface area contributed by atoms with Gasteiger partial charge in [0, 0.05) is 17.8 Å². The fourth-order valence-corrected chi connectivity index (χ4v) is 2.16. The highest BCUT2D eigenvalue weighted by Gasteiger charge is 2.23. The topological polar surface area (TPSA) is 38.0 Å². The maximum absolute atomic E-state index is 5.88. The third-order valence-corrected chi connectivity index (χ3v) is 2.77. The fourth-order valence-electron chi connectivity index (χ4n) is 2.16. The van der Waals surface area contributed by atoms with Gasteiger partial charge in [0.2, 0.25) is 0 Å². The molecule has 0 saturated heterocycles. The Labute approximate surface area is 99.2 Å². The summed E-state index contributed by atoms with van der Waals surface area (Å²) in [5.41, 5.74) is 8.30. The minimum atomic E-state index is -0.0119. The predicted molar refractivity (Wildman–Crippen MR) is 71.7 cm³/mol.